The first-order valence-corrected chi connectivity index (χ1v) is 6.58. The SMILES string of the molecule is C.N#Cc1cccc(CC2CC3CCN2CC3)c1. The molecule has 0 aromatic heterocycles. The van der Waals surface area contributed by atoms with Crippen LogP contribution in [0.15, 0.2) is 24.3 Å². The predicted molar refractivity (Wildman–Crippen MR) is 74.3 cm³/mol. The van der Waals surface area contributed by atoms with Crippen molar-refractivity contribution >= 4 is 0 Å². The Balaban J connectivity index is 0.00000120. The van der Waals surface area contributed by atoms with E-state index in [4.69, 9.17) is 5.26 Å². The van der Waals surface area contributed by atoms with Gasteiger partial charge in [-0.25, -0.2) is 0 Å². The Morgan fingerprint density at radius 1 is 1.28 bits per heavy atom. The van der Waals surface area contributed by atoms with Gasteiger partial charge in [-0.1, -0.05) is 19.6 Å². The number of rotatable bonds is 2. The van der Waals surface area contributed by atoms with Crippen LogP contribution in [-0.2, 0) is 6.42 Å². The first kappa shape index (κ1) is 13.1. The van der Waals surface area contributed by atoms with Crippen LogP contribution in [0.25, 0.3) is 0 Å². The second-order valence-corrected chi connectivity index (χ2v) is 5.39. The topological polar surface area (TPSA) is 27.0 Å². The van der Waals surface area contributed by atoms with Crippen molar-refractivity contribution in [3.05, 3.63) is 35.4 Å². The van der Waals surface area contributed by atoms with Crippen molar-refractivity contribution in [3.63, 3.8) is 0 Å². The number of benzene rings is 1. The summed E-state index contributed by atoms with van der Waals surface area (Å²) >= 11 is 0. The zero-order valence-corrected chi connectivity index (χ0v) is 10.1. The van der Waals surface area contributed by atoms with Crippen molar-refractivity contribution < 1.29 is 0 Å². The van der Waals surface area contributed by atoms with Gasteiger partial charge in [0.15, 0.2) is 0 Å². The van der Waals surface area contributed by atoms with E-state index in [1.165, 1.54) is 37.9 Å². The smallest absolute Gasteiger partial charge is 0.0991 e. The monoisotopic (exact) mass is 242 g/mol. The molecule has 0 saturated carbocycles. The van der Waals surface area contributed by atoms with Crippen LogP contribution >= 0.6 is 0 Å². The van der Waals surface area contributed by atoms with Crippen LogP contribution in [0.4, 0.5) is 0 Å². The molecule has 1 aromatic rings. The summed E-state index contributed by atoms with van der Waals surface area (Å²) in [6, 6.07) is 11.0. The highest BCUT2D eigenvalue weighted by atomic mass is 15.2. The molecule has 96 valence electrons. The molecule has 18 heavy (non-hydrogen) atoms. The fourth-order valence-electron chi connectivity index (χ4n) is 3.34. The van der Waals surface area contributed by atoms with Crippen LogP contribution in [0.2, 0.25) is 0 Å². The molecule has 1 unspecified atom stereocenters. The van der Waals surface area contributed by atoms with E-state index < -0.39 is 0 Å². The van der Waals surface area contributed by atoms with E-state index in [1.54, 1.807) is 0 Å². The summed E-state index contributed by atoms with van der Waals surface area (Å²) in [4.78, 5) is 2.64. The van der Waals surface area contributed by atoms with Gasteiger partial charge in [-0.15, -0.1) is 0 Å². The minimum Gasteiger partial charge on any atom is -0.300 e. The molecule has 0 radical (unpaired) electrons. The average molecular weight is 242 g/mol. The highest BCUT2D eigenvalue weighted by Crippen LogP contribution is 2.33. The summed E-state index contributed by atoms with van der Waals surface area (Å²) in [6.45, 7) is 2.57. The van der Waals surface area contributed by atoms with Gasteiger partial charge in [-0.2, -0.15) is 5.26 Å². The molecule has 3 fully saturated rings. The zero-order valence-electron chi connectivity index (χ0n) is 10.1. The molecule has 3 aliphatic heterocycles. The zero-order chi connectivity index (χ0) is 11.7. The fraction of sp³-hybridized carbons (Fsp3) is 0.562. The van der Waals surface area contributed by atoms with Crippen molar-refractivity contribution in [2.45, 2.75) is 39.2 Å². The van der Waals surface area contributed by atoms with Crippen LogP contribution in [0, 0.1) is 17.2 Å². The summed E-state index contributed by atoms with van der Waals surface area (Å²) in [7, 11) is 0. The van der Waals surface area contributed by atoms with Gasteiger partial charge in [-0.3, -0.25) is 0 Å². The van der Waals surface area contributed by atoms with Gasteiger partial charge in [0.2, 0.25) is 0 Å². The van der Waals surface area contributed by atoms with Crippen molar-refractivity contribution in [1.29, 1.82) is 5.26 Å². The van der Waals surface area contributed by atoms with Gasteiger partial charge in [0, 0.05) is 6.04 Å². The maximum absolute atomic E-state index is 8.91. The van der Waals surface area contributed by atoms with Crippen molar-refractivity contribution in [2.75, 3.05) is 13.1 Å². The van der Waals surface area contributed by atoms with Crippen LogP contribution in [0.5, 0.6) is 0 Å². The minimum atomic E-state index is 0. The molecule has 0 N–H and O–H groups in total. The van der Waals surface area contributed by atoms with E-state index in [0.29, 0.717) is 0 Å². The van der Waals surface area contributed by atoms with Gasteiger partial charge < -0.3 is 4.90 Å². The quantitative estimate of drug-likeness (QED) is 0.796. The van der Waals surface area contributed by atoms with Gasteiger partial charge in [0.25, 0.3) is 0 Å². The van der Waals surface area contributed by atoms with Crippen LogP contribution in [0.3, 0.4) is 0 Å². The summed E-state index contributed by atoms with van der Waals surface area (Å²) in [5.41, 5.74) is 2.11. The molecule has 3 aliphatic rings. The third kappa shape index (κ3) is 2.57. The molecule has 2 heteroatoms. The van der Waals surface area contributed by atoms with Gasteiger partial charge in [-0.05, 0) is 62.4 Å². The minimum absolute atomic E-state index is 0. The fourth-order valence-corrected chi connectivity index (χ4v) is 3.34. The standard InChI is InChI=1S/C15H18N2.CH4/c16-11-14-3-1-2-13(8-14)10-15-9-12-4-6-17(15)7-5-12;/h1-3,8,12,15H,4-7,9-10H2;1H4. The number of hydrogen-bond donors (Lipinski definition) is 0. The highest BCUT2D eigenvalue weighted by molar-refractivity contribution is 5.33. The van der Waals surface area contributed by atoms with E-state index in [9.17, 15) is 0 Å². The molecular weight excluding hydrogens is 220 g/mol. The lowest BCUT2D eigenvalue weighted by molar-refractivity contribution is 0.0498. The molecular formula is C16H22N2. The summed E-state index contributed by atoms with van der Waals surface area (Å²) in [6.07, 6.45) is 5.27. The summed E-state index contributed by atoms with van der Waals surface area (Å²) < 4.78 is 0. The number of nitriles is 1. The Bertz CT molecular complexity index is 439. The van der Waals surface area contributed by atoms with E-state index in [2.05, 4.69) is 17.0 Å². The van der Waals surface area contributed by atoms with Crippen LogP contribution in [-0.4, -0.2) is 24.0 Å². The maximum Gasteiger partial charge on any atom is 0.0991 e. The third-order valence-electron chi connectivity index (χ3n) is 4.30. The highest BCUT2D eigenvalue weighted by Gasteiger charge is 2.33. The van der Waals surface area contributed by atoms with Crippen molar-refractivity contribution in [2.24, 2.45) is 5.92 Å². The van der Waals surface area contributed by atoms with E-state index in [0.717, 1.165) is 23.9 Å². The average Bonchev–Trinajstić information content (AvgIpc) is 2.40. The first-order chi connectivity index (χ1) is 8.35. The van der Waals surface area contributed by atoms with E-state index in [-0.39, 0.29) is 7.43 Å². The number of fused-ring (bicyclic) bond motifs is 3. The van der Waals surface area contributed by atoms with Gasteiger partial charge >= 0.3 is 0 Å². The molecule has 2 nitrogen and oxygen atoms in total. The molecule has 1 aromatic carbocycles. The Morgan fingerprint density at radius 2 is 2.06 bits per heavy atom. The van der Waals surface area contributed by atoms with E-state index >= 15 is 0 Å². The summed E-state index contributed by atoms with van der Waals surface area (Å²) in [5, 5.41) is 8.91. The molecule has 1 atom stereocenters. The third-order valence-corrected chi connectivity index (χ3v) is 4.30. The summed E-state index contributed by atoms with van der Waals surface area (Å²) in [5.74, 6) is 0.962. The number of hydrogen-bond acceptors (Lipinski definition) is 2. The second-order valence-electron chi connectivity index (χ2n) is 5.39. The lowest BCUT2D eigenvalue weighted by Gasteiger charge is -2.45. The molecule has 0 amide bonds. The molecule has 0 aliphatic carbocycles. The van der Waals surface area contributed by atoms with Crippen molar-refractivity contribution in [1.82, 2.24) is 4.90 Å². The lowest BCUT2D eigenvalue weighted by atomic mass is 9.81. The lowest BCUT2D eigenvalue weighted by Crippen LogP contribution is -2.49. The Hall–Kier alpha value is -1.33. The number of nitrogens with zero attached hydrogens (tertiary/aromatic N) is 2. The largest absolute Gasteiger partial charge is 0.300 e. The maximum atomic E-state index is 8.91. The van der Waals surface area contributed by atoms with Crippen molar-refractivity contribution in [3.8, 4) is 6.07 Å². The van der Waals surface area contributed by atoms with Crippen LogP contribution in [0.1, 0.15) is 37.8 Å². The van der Waals surface area contributed by atoms with Gasteiger partial charge in [0.05, 0.1) is 11.6 Å². The number of piperidine rings is 3. The normalized spacial score (nSPS) is 29.4. The Kier molecular flexibility index (Phi) is 4.04. The molecule has 4 rings (SSSR count). The van der Waals surface area contributed by atoms with Crippen LogP contribution < -0.4 is 0 Å². The second kappa shape index (κ2) is 5.54. The first-order valence-electron chi connectivity index (χ1n) is 6.58. The molecule has 0 spiro atoms. The predicted octanol–water partition coefficient (Wildman–Crippen LogP) is 3.22. The Labute approximate surface area is 110 Å². The molecule has 2 bridgehead atoms. The van der Waals surface area contributed by atoms with E-state index in [1.807, 2.05) is 18.2 Å². The Morgan fingerprint density at radius 3 is 2.67 bits per heavy atom. The molecule has 3 heterocycles. The van der Waals surface area contributed by atoms with Gasteiger partial charge in [0.1, 0.15) is 0 Å². The molecule has 3 saturated heterocycles.